The fourth-order valence-electron chi connectivity index (χ4n) is 1.04. The van der Waals surface area contributed by atoms with Crippen LogP contribution in [0.25, 0.3) is 0 Å². The molecule has 1 atom stereocenters. The Hall–Kier alpha value is -0.710. The molecule has 0 aliphatic rings. The first-order valence-corrected chi connectivity index (χ1v) is 5.97. The second-order valence-corrected chi connectivity index (χ2v) is 4.81. The Bertz CT molecular complexity index is 379. The first kappa shape index (κ1) is 12.4. The van der Waals surface area contributed by atoms with Crippen molar-refractivity contribution in [1.82, 2.24) is 0 Å². The van der Waals surface area contributed by atoms with E-state index in [1.54, 1.807) is 24.3 Å². The number of rotatable bonds is 5. The van der Waals surface area contributed by atoms with Gasteiger partial charge in [-0.1, -0.05) is 17.7 Å². The maximum absolute atomic E-state index is 11.7. The Kier molecular flexibility index (Phi) is 4.94. The van der Waals surface area contributed by atoms with Gasteiger partial charge in [-0.15, -0.1) is 0 Å². The molecule has 0 aromatic heterocycles. The number of ketones is 1. The second kappa shape index (κ2) is 6.00. The van der Waals surface area contributed by atoms with E-state index in [4.69, 9.17) is 11.6 Å². The van der Waals surface area contributed by atoms with Crippen LogP contribution in [0.4, 0.5) is 0 Å². The van der Waals surface area contributed by atoms with Crippen molar-refractivity contribution in [3.05, 3.63) is 29.3 Å². The van der Waals surface area contributed by atoms with E-state index in [1.807, 2.05) is 0 Å². The maximum Gasteiger partial charge on any atom is 0.171 e. The largest absolute Gasteiger partial charge is 0.377 e. The molecular weight excluding hydrogens is 236 g/mol. The van der Waals surface area contributed by atoms with E-state index in [-0.39, 0.29) is 18.1 Å². The lowest BCUT2D eigenvalue weighted by atomic mass is 10.4. The highest BCUT2D eigenvalue weighted by molar-refractivity contribution is 7.85. The summed E-state index contributed by atoms with van der Waals surface area (Å²) in [5, 5.41) is 0.514. The van der Waals surface area contributed by atoms with Crippen LogP contribution in [0.2, 0.25) is 5.02 Å². The molecule has 0 radical (unpaired) electrons. The predicted molar refractivity (Wildman–Crippen MR) is 59.6 cm³/mol. The highest BCUT2D eigenvalue weighted by atomic mass is 35.5. The molecule has 0 saturated carbocycles. The quantitative estimate of drug-likeness (QED) is 0.794. The topological polar surface area (TPSA) is 43.4 Å². The minimum absolute atomic E-state index is 0.00763. The van der Waals surface area contributed by atoms with Gasteiger partial charge >= 0.3 is 0 Å². The van der Waals surface area contributed by atoms with Crippen molar-refractivity contribution in [3.8, 4) is 0 Å². The smallest absolute Gasteiger partial charge is 0.171 e. The third kappa shape index (κ3) is 4.11. The second-order valence-electron chi connectivity index (χ2n) is 2.92. The normalized spacial score (nSPS) is 12.4. The third-order valence-corrected chi connectivity index (χ3v) is 3.26. The van der Waals surface area contributed by atoms with E-state index >= 15 is 0 Å². The molecule has 0 bridgehead atoms. The van der Waals surface area contributed by atoms with Crippen LogP contribution >= 0.6 is 11.6 Å². The molecular formula is C10H11ClO3S. The fraction of sp³-hybridized carbons (Fsp3) is 0.300. The molecule has 15 heavy (non-hydrogen) atoms. The van der Waals surface area contributed by atoms with Gasteiger partial charge in [0.2, 0.25) is 0 Å². The molecule has 3 nitrogen and oxygen atoms in total. The summed E-state index contributed by atoms with van der Waals surface area (Å²) in [7, 11) is 0.0915. The van der Waals surface area contributed by atoms with Gasteiger partial charge in [0.1, 0.15) is 6.61 Å². The van der Waals surface area contributed by atoms with Crippen molar-refractivity contribution >= 4 is 28.2 Å². The van der Waals surface area contributed by atoms with Crippen molar-refractivity contribution in [2.75, 3.05) is 19.5 Å². The molecule has 0 aliphatic carbocycles. The number of hydrogen-bond donors (Lipinski definition) is 0. The number of methoxy groups -OCH3 is 1. The van der Waals surface area contributed by atoms with Crippen LogP contribution in [0.15, 0.2) is 29.2 Å². The van der Waals surface area contributed by atoms with Gasteiger partial charge in [-0.05, 0) is 18.2 Å². The molecule has 1 rings (SSSR count). The summed E-state index contributed by atoms with van der Waals surface area (Å²) in [6.45, 7) is -0.00763. The first-order valence-electron chi connectivity index (χ1n) is 4.28. The Balaban J connectivity index is 2.65. The highest BCUT2D eigenvalue weighted by Gasteiger charge is 2.09. The van der Waals surface area contributed by atoms with Crippen molar-refractivity contribution in [1.29, 1.82) is 0 Å². The number of benzene rings is 1. The van der Waals surface area contributed by atoms with Crippen molar-refractivity contribution in [2.24, 2.45) is 0 Å². The lowest BCUT2D eigenvalue weighted by molar-refractivity contribution is -0.120. The van der Waals surface area contributed by atoms with E-state index in [0.717, 1.165) is 0 Å². The summed E-state index contributed by atoms with van der Waals surface area (Å²) in [5.41, 5.74) is 0. The van der Waals surface area contributed by atoms with Gasteiger partial charge in [0.05, 0.1) is 16.6 Å². The van der Waals surface area contributed by atoms with E-state index in [9.17, 15) is 9.00 Å². The fourth-order valence-corrected chi connectivity index (χ4v) is 2.33. The van der Waals surface area contributed by atoms with Crippen molar-refractivity contribution in [3.63, 3.8) is 0 Å². The zero-order valence-corrected chi connectivity index (χ0v) is 9.81. The lowest BCUT2D eigenvalue weighted by Crippen LogP contribution is -2.15. The van der Waals surface area contributed by atoms with Gasteiger partial charge in [0.15, 0.2) is 5.78 Å². The summed E-state index contributed by atoms with van der Waals surface area (Å²) in [6, 6.07) is 6.68. The summed E-state index contributed by atoms with van der Waals surface area (Å²) in [6.07, 6.45) is 0. The number of ether oxygens (including phenoxy) is 1. The average Bonchev–Trinajstić information content (AvgIpc) is 2.18. The van der Waals surface area contributed by atoms with Crippen LogP contribution < -0.4 is 0 Å². The van der Waals surface area contributed by atoms with Gasteiger partial charge in [0, 0.05) is 17.0 Å². The summed E-state index contributed by atoms with van der Waals surface area (Å²) < 4.78 is 16.3. The van der Waals surface area contributed by atoms with Crippen LogP contribution in [0.5, 0.6) is 0 Å². The number of halogens is 1. The molecule has 0 spiro atoms. The average molecular weight is 247 g/mol. The predicted octanol–water partition coefficient (Wildman–Crippen LogP) is 1.66. The zero-order valence-electron chi connectivity index (χ0n) is 8.23. The van der Waals surface area contributed by atoms with Gasteiger partial charge < -0.3 is 4.74 Å². The van der Waals surface area contributed by atoms with Crippen molar-refractivity contribution < 1.29 is 13.7 Å². The molecule has 82 valence electrons. The molecule has 0 saturated heterocycles. The van der Waals surface area contributed by atoms with Crippen molar-refractivity contribution in [2.45, 2.75) is 4.90 Å². The van der Waals surface area contributed by atoms with Gasteiger partial charge in [-0.3, -0.25) is 9.00 Å². The molecule has 0 heterocycles. The maximum atomic E-state index is 11.7. The number of carbonyl (C=O) groups excluding carboxylic acids is 1. The van der Waals surface area contributed by atoms with Gasteiger partial charge in [-0.2, -0.15) is 0 Å². The molecule has 1 unspecified atom stereocenters. The molecule has 1 aromatic rings. The van der Waals surface area contributed by atoms with E-state index < -0.39 is 10.8 Å². The summed E-state index contributed by atoms with van der Waals surface area (Å²) in [4.78, 5) is 11.7. The summed E-state index contributed by atoms with van der Waals surface area (Å²) in [5.74, 6) is -0.218. The van der Waals surface area contributed by atoms with Crippen LogP contribution in [-0.2, 0) is 20.3 Å². The Labute approximate surface area is 95.8 Å². The Morgan fingerprint density at radius 2 is 2.27 bits per heavy atom. The van der Waals surface area contributed by atoms with E-state index in [0.29, 0.717) is 9.92 Å². The van der Waals surface area contributed by atoms with E-state index in [1.165, 1.54) is 7.11 Å². The minimum Gasteiger partial charge on any atom is -0.377 e. The number of carbonyl (C=O) groups is 1. The monoisotopic (exact) mass is 246 g/mol. The molecule has 0 N–H and O–H groups in total. The van der Waals surface area contributed by atoms with E-state index in [2.05, 4.69) is 4.74 Å². The van der Waals surface area contributed by atoms with Crippen LogP contribution in [0.3, 0.4) is 0 Å². The van der Waals surface area contributed by atoms with Gasteiger partial charge in [0.25, 0.3) is 0 Å². The molecule has 0 amide bonds. The SMILES string of the molecule is COCC(=O)CS(=O)c1cccc(Cl)c1. The molecule has 1 aromatic carbocycles. The lowest BCUT2D eigenvalue weighted by Gasteiger charge is -2.01. The van der Waals surface area contributed by atoms with Crippen LogP contribution in [0, 0.1) is 0 Å². The standard InChI is InChI=1S/C10H11ClO3S/c1-14-6-9(12)7-15(13)10-4-2-3-8(11)5-10/h2-5H,6-7H2,1H3. The highest BCUT2D eigenvalue weighted by Crippen LogP contribution is 2.14. The Morgan fingerprint density at radius 1 is 1.53 bits per heavy atom. The number of Topliss-reactive ketones (excluding diaryl/α,β-unsaturated/α-hetero) is 1. The third-order valence-electron chi connectivity index (χ3n) is 1.66. The van der Waals surface area contributed by atoms with Crippen LogP contribution in [-0.4, -0.2) is 29.5 Å². The molecule has 5 heteroatoms. The summed E-state index contributed by atoms with van der Waals surface area (Å²) >= 11 is 5.74. The van der Waals surface area contributed by atoms with Crippen LogP contribution in [0.1, 0.15) is 0 Å². The number of hydrogen-bond acceptors (Lipinski definition) is 3. The molecule has 0 aliphatic heterocycles. The Morgan fingerprint density at radius 3 is 2.87 bits per heavy atom. The minimum atomic E-state index is -1.34. The zero-order chi connectivity index (χ0) is 11.3. The molecule has 0 fully saturated rings. The van der Waals surface area contributed by atoms with Gasteiger partial charge in [-0.25, -0.2) is 0 Å². The first-order chi connectivity index (χ1) is 7.13.